The summed E-state index contributed by atoms with van der Waals surface area (Å²) in [4.78, 5) is 17.7. The minimum absolute atomic E-state index is 0.0676. The molecule has 3 aromatic heterocycles. The lowest BCUT2D eigenvalue weighted by atomic mass is 9.86. The van der Waals surface area contributed by atoms with Crippen molar-refractivity contribution in [2.24, 2.45) is 11.7 Å². The van der Waals surface area contributed by atoms with E-state index in [9.17, 15) is 13.2 Å². The molecular formula is C24H31F3N8O. The van der Waals surface area contributed by atoms with Crippen LogP contribution in [0.3, 0.4) is 0 Å². The molecule has 2 aliphatic rings. The van der Waals surface area contributed by atoms with Gasteiger partial charge < -0.3 is 21.1 Å². The van der Waals surface area contributed by atoms with Gasteiger partial charge in [-0.25, -0.2) is 15.0 Å². The van der Waals surface area contributed by atoms with Gasteiger partial charge in [-0.1, -0.05) is 6.07 Å². The van der Waals surface area contributed by atoms with Gasteiger partial charge in [0.2, 0.25) is 11.9 Å². The summed E-state index contributed by atoms with van der Waals surface area (Å²) in [5, 5.41) is 6.48. The second-order valence-electron chi connectivity index (χ2n) is 9.95. The first-order valence-corrected chi connectivity index (χ1v) is 12.4. The number of pyridine rings is 1. The Bertz CT molecular complexity index is 1200. The Morgan fingerprint density at radius 1 is 1.11 bits per heavy atom. The zero-order valence-corrected chi connectivity index (χ0v) is 20.2. The Hall–Kier alpha value is -2.99. The summed E-state index contributed by atoms with van der Waals surface area (Å²) < 4.78 is 47.2. The van der Waals surface area contributed by atoms with Crippen molar-refractivity contribution >= 4 is 28.9 Å². The summed E-state index contributed by atoms with van der Waals surface area (Å²) in [6.45, 7) is 4.12. The molecule has 12 heteroatoms. The van der Waals surface area contributed by atoms with Gasteiger partial charge in [-0.05, 0) is 70.0 Å². The fourth-order valence-electron chi connectivity index (χ4n) is 5.02. The number of nitrogens with two attached hydrogens (primary N) is 1. The van der Waals surface area contributed by atoms with Crippen molar-refractivity contribution in [2.45, 2.75) is 63.2 Å². The Balaban J connectivity index is 1.51. The van der Waals surface area contributed by atoms with Gasteiger partial charge >= 0.3 is 6.18 Å². The van der Waals surface area contributed by atoms with Crippen LogP contribution in [0.5, 0.6) is 0 Å². The lowest BCUT2D eigenvalue weighted by molar-refractivity contribution is -0.141. The molecule has 0 atom stereocenters. The first-order valence-electron chi connectivity index (χ1n) is 12.4. The Labute approximate surface area is 207 Å². The van der Waals surface area contributed by atoms with Gasteiger partial charge in [0.1, 0.15) is 17.0 Å². The second-order valence-corrected chi connectivity index (χ2v) is 9.95. The number of alkyl halides is 3. The molecule has 3 aromatic rings. The van der Waals surface area contributed by atoms with Gasteiger partial charge in [0.15, 0.2) is 5.65 Å². The maximum Gasteiger partial charge on any atom is 0.433 e. The number of ether oxygens (including phenoxy) is 1. The number of imidazole rings is 1. The van der Waals surface area contributed by atoms with Crippen LogP contribution < -0.4 is 16.4 Å². The molecule has 4 heterocycles. The molecule has 1 aliphatic heterocycles. The minimum Gasteiger partial charge on any atom is -0.381 e. The highest BCUT2D eigenvalue weighted by molar-refractivity contribution is 5.76. The molecule has 1 saturated heterocycles. The van der Waals surface area contributed by atoms with E-state index in [1.807, 2.05) is 4.57 Å². The molecule has 194 valence electrons. The lowest BCUT2D eigenvalue weighted by Crippen LogP contribution is -2.41. The SMILES string of the molecule is CC1(Nc2ncc3nc(Nc4cccc(C(F)(F)F)n4)n([C@H]4CC[C@@H](CN)CC4)c3n2)CCOCC1. The van der Waals surface area contributed by atoms with Crippen LogP contribution in [0.25, 0.3) is 11.2 Å². The number of hydrogen-bond acceptors (Lipinski definition) is 8. The van der Waals surface area contributed by atoms with E-state index in [0.717, 1.165) is 44.6 Å². The highest BCUT2D eigenvalue weighted by atomic mass is 19.4. The molecule has 1 aliphatic carbocycles. The van der Waals surface area contributed by atoms with E-state index in [4.69, 9.17) is 15.5 Å². The van der Waals surface area contributed by atoms with Crippen LogP contribution in [0.2, 0.25) is 0 Å². The third-order valence-corrected chi connectivity index (χ3v) is 7.24. The third kappa shape index (κ3) is 5.24. The van der Waals surface area contributed by atoms with Gasteiger partial charge in [-0.2, -0.15) is 18.2 Å². The van der Waals surface area contributed by atoms with Gasteiger partial charge in [0.05, 0.1) is 6.20 Å². The maximum atomic E-state index is 13.2. The van der Waals surface area contributed by atoms with E-state index in [1.165, 1.54) is 12.1 Å². The zero-order valence-electron chi connectivity index (χ0n) is 20.2. The zero-order chi connectivity index (χ0) is 25.3. The number of fused-ring (bicyclic) bond motifs is 1. The first kappa shape index (κ1) is 24.7. The molecule has 0 radical (unpaired) electrons. The molecule has 36 heavy (non-hydrogen) atoms. The average molecular weight is 505 g/mol. The topological polar surface area (TPSA) is 116 Å². The molecule has 4 N–H and O–H groups in total. The number of rotatable bonds is 6. The van der Waals surface area contributed by atoms with Gasteiger partial charge in [0, 0.05) is 24.8 Å². The molecule has 1 saturated carbocycles. The van der Waals surface area contributed by atoms with E-state index in [-0.39, 0.29) is 17.4 Å². The quantitative estimate of drug-likeness (QED) is 0.444. The predicted octanol–water partition coefficient (Wildman–Crippen LogP) is 4.65. The number of hydrogen-bond donors (Lipinski definition) is 3. The van der Waals surface area contributed by atoms with Crippen molar-refractivity contribution < 1.29 is 17.9 Å². The van der Waals surface area contributed by atoms with Crippen LogP contribution in [0, 0.1) is 5.92 Å². The smallest absolute Gasteiger partial charge is 0.381 e. The summed E-state index contributed by atoms with van der Waals surface area (Å²) >= 11 is 0. The van der Waals surface area contributed by atoms with Crippen LogP contribution in [0.4, 0.5) is 30.9 Å². The van der Waals surface area contributed by atoms with Crippen LogP contribution in [0.1, 0.15) is 57.2 Å². The normalized spacial score (nSPS) is 22.5. The molecular weight excluding hydrogens is 473 g/mol. The number of aromatic nitrogens is 5. The van der Waals surface area contributed by atoms with Crippen molar-refractivity contribution in [3.8, 4) is 0 Å². The number of anilines is 3. The Morgan fingerprint density at radius 2 is 1.86 bits per heavy atom. The predicted molar refractivity (Wildman–Crippen MR) is 130 cm³/mol. The highest BCUT2D eigenvalue weighted by Gasteiger charge is 2.33. The molecule has 0 spiro atoms. The minimum atomic E-state index is -4.54. The Kier molecular flexibility index (Phi) is 6.73. The van der Waals surface area contributed by atoms with Crippen molar-refractivity contribution in [3.63, 3.8) is 0 Å². The van der Waals surface area contributed by atoms with Gasteiger partial charge in [-0.3, -0.25) is 4.57 Å². The van der Waals surface area contributed by atoms with E-state index in [0.29, 0.717) is 48.7 Å². The van der Waals surface area contributed by atoms with Crippen molar-refractivity contribution in [3.05, 3.63) is 30.1 Å². The summed E-state index contributed by atoms with van der Waals surface area (Å²) in [5.74, 6) is 1.43. The first-order chi connectivity index (χ1) is 17.2. The number of nitrogens with zero attached hydrogens (tertiary/aromatic N) is 5. The molecule has 0 unspecified atom stereocenters. The van der Waals surface area contributed by atoms with Crippen molar-refractivity contribution in [1.82, 2.24) is 24.5 Å². The second kappa shape index (κ2) is 9.81. The molecule has 5 rings (SSSR count). The van der Waals surface area contributed by atoms with E-state index >= 15 is 0 Å². The number of nitrogens with one attached hydrogen (secondary N) is 2. The van der Waals surface area contributed by atoms with Crippen LogP contribution in [0.15, 0.2) is 24.4 Å². The molecule has 0 aromatic carbocycles. The van der Waals surface area contributed by atoms with Crippen LogP contribution in [-0.2, 0) is 10.9 Å². The lowest BCUT2D eigenvalue weighted by Gasteiger charge is -2.34. The fraction of sp³-hybridized carbons (Fsp3) is 0.583. The van der Waals surface area contributed by atoms with E-state index < -0.39 is 11.9 Å². The average Bonchev–Trinajstić information content (AvgIpc) is 3.21. The van der Waals surface area contributed by atoms with E-state index in [2.05, 4.69) is 32.5 Å². The maximum absolute atomic E-state index is 13.2. The summed E-state index contributed by atoms with van der Waals surface area (Å²) in [5.41, 5.74) is 5.94. The Morgan fingerprint density at radius 3 is 2.56 bits per heavy atom. The van der Waals surface area contributed by atoms with Gasteiger partial charge in [-0.15, -0.1) is 0 Å². The standard InChI is InChI=1S/C24H31F3N8O/c1-23(9-11-36-12-10-23)34-21-29-14-17-20(33-21)35(16-7-5-15(13-28)6-8-16)22(30-17)32-19-4-2-3-18(31-19)24(25,26)27/h2-4,14-16H,5-13,28H2,1H3,(H,29,33,34)(H,30,31,32)/t15-,16+. The molecule has 0 amide bonds. The molecule has 0 bridgehead atoms. The van der Waals surface area contributed by atoms with Crippen molar-refractivity contribution in [1.29, 1.82) is 0 Å². The number of halogens is 3. The van der Waals surface area contributed by atoms with Gasteiger partial charge in [0.25, 0.3) is 0 Å². The van der Waals surface area contributed by atoms with Crippen LogP contribution in [-0.4, -0.2) is 49.8 Å². The van der Waals surface area contributed by atoms with Crippen LogP contribution >= 0.6 is 0 Å². The largest absolute Gasteiger partial charge is 0.433 e. The monoisotopic (exact) mass is 504 g/mol. The third-order valence-electron chi connectivity index (χ3n) is 7.24. The summed E-state index contributed by atoms with van der Waals surface area (Å²) in [6, 6.07) is 3.85. The van der Waals surface area contributed by atoms with Crippen molar-refractivity contribution in [2.75, 3.05) is 30.4 Å². The fourth-order valence-corrected chi connectivity index (χ4v) is 5.02. The summed E-state index contributed by atoms with van der Waals surface area (Å²) in [6.07, 6.45) is 2.48. The highest BCUT2D eigenvalue weighted by Crippen LogP contribution is 2.37. The summed E-state index contributed by atoms with van der Waals surface area (Å²) in [7, 11) is 0. The molecule has 2 fully saturated rings. The molecule has 9 nitrogen and oxygen atoms in total. The van der Waals surface area contributed by atoms with E-state index in [1.54, 1.807) is 6.20 Å².